The molecule has 3 rings (SSSR count). The Kier molecular flexibility index (Phi) is 7.47. The van der Waals surface area contributed by atoms with Gasteiger partial charge in [-0.2, -0.15) is 0 Å². The van der Waals surface area contributed by atoms with Crippen molar-refractivity contribution in [1.82, 2.24) is 10.3 Å². The lowest BCUT2D eigenvalue weighted by Crippen LogP contribution is -2.41. The van der Waals surface area contributed by atoms with Crippen LogP contribution in [0.4, 0.5) is 4.79 Å². The minimum Gasteiger partial charge on any atom is -0.445 e. The second-order valence-corrected chi connectivity index (χ2v) is 9.53. The number of aromatic nitrogens is 1. The van der Waals surface area contributed by atoms with Crippen LogP contribution >= 0.6 is 27.5 Å². The molecule has 0 saturated carbocycles. The molecule has 1 aromatic heterocycles. The maximum atomic E-state index is 12.3. The van der Waals surface area contributed by atoms with Crippen molar-refractivity contribution < 1.29 is 18.8 Å². The molecule has 1 aliphatic rings. The van der Waals surface area contributed by atoms with Gasteiger partial charge in [0, 0.05) is 22.8 Å². The molecule has 0 atom stereocenters. The number of pyridine rings is 1. The van der Waals surface area contributed by atoms with Crippen LogP contribution in [0.2, 0.25) is 5.15 Å². The monoisotopic (exact) mass is 506 g/mol. The van der Waals surface area contributed by atoms with Crippen molar-refractivity contribution >= 4 is 46.8 Å². The van der Waals surface area contributed by atoms with Crippen LogP contribution in [0, 0.1) is 0 Å². The van der Waals surface area contributed by atoms with E-state index in [0.717, 1.165) is 10.0 Å². The number of amides is 1. The SMILES string of the molecule is CC1(C)OB(C(=Cc2cc(Br)cnc2Cl)CNC(=O)OCc2ccccc2)OC1(C)C. The Labute approximate surface area is 196 Å². The molecule has 1 amide bonds. The van der Waals surface area contributed by atoms with E-state index in [4.69, 9.17) is 25.6 Å². The highest BCUT2D eigenvalue weighted by molar-refractivity contribution is 9.10. The summed E-state index contributed by atoms with van der Waals surface area (Å²) in [4.78, 5) is 16.4. The number of alkyl carbamates (subject to hydrolysis) is 1. The Bertz CT molecular complexity index is 953. The summed E-state index contributed by atoms with van der Waals surface area (Å²) in [6.45, 7) is 8.23. The minimum atomic E-state index is -0.658. The Balaban J connectivity index is 1.75. The van der Waals surface area contributed by atoms with Crippen molar-refractivity contribution in [3.63, 3.8) is 0 Å². The molecule has 0 aliphatic carbocycles. The first-order valence-electron chi connectivity index (χ1n) is 9.89. The minimum absolute atomic E-state index is 0.160. The Morgan fingerprint density at radius 1 is 1.23 bits per heavy atom. The largest absolute Gasteiger partial charge is 0.492 e. The lowest BCUT2D eigenvalue weighted by atomic mass is 9.77. The van der Waals surface area contributed by atoms with Gasteiger partial charge in [0.1, 0.15) is 11.8 Å². The molecular weight excluding hydrogens is 482 g/mol. The molecule has 6 nitrogen and oxygen atoms in total. The standard InChI is InChI=1S/C22H25BBrClN2O4/c1-21(2)22(3,4)31-23(30-21)17(10-16-11-18(24)13-26-19(16)25)12-27-20(28)29-14-15-8-6-5-7-9-15/h5-11,13H,12,14H2,1-4H3,(H,27,28). The summed E-state index contributed by atoms with van der Waals surface area (Å²) < 4.78 is 18.4. The Morgan fingerprint density at radius 3 is 2.52 bits per heavy atom. The normalized spacial score (nSPS) is 17.5. The number of nitrogens with zero attached hydrogens (tertiary/aromatic N) is 1. The van der Waals surface area contributed by atoms with Crippen LogP contribution in [0.1, 0.15) is 38.8 Å². The fourth-order valence-corrected chi connectivity index (χ4v) is 3.39. The maximum Gasteiger partial charge on any atom is 0.492 e. The quantitative estimate of drug-likeness (QED) is 0.417. The van der Waals surface area contributed by atoms with Crippen LogP contribution < -0.4 is 5.32 Å². The molecule has 9 heteroatoms. The van der Waals surface area contributed by atoms with Gasteiger partial charge in [0.2, 0.25) is 0 Å². The van der Waals surface area contributed by atoms with E-state index in [-0.39, 0.29) is 13.2 Å². The van der Waals surface area contributed by atoms with E-state index >= 15 is 0 Å². The highest BCUT2D eigenvalue weighted by atomic mass is 79.9. The second-order valence-electron chi connectivity index (χ2n) is 8.26. The van der Waals surface area contributed by atoms with Crippen molar-refractivity contribution in [3.05, 3.63) is 68.8 Å². The molecule has 1 saturated heterocycles. The molecule has 0 spiro atoms. The van der Waals surface area contributed by atoms with Crippen molar-refractivity contribution in [2.45, 2.75) is 45.5 Å². The molecule has 1 N–H and O–H groups in total. The predicted molar refractivity (Wildman–Crippen MR) is 126 cm³/mol. The number of hydrogen-bond acceptors (Lipinski definition) is 5. The zero-order chi connectivity index (χ0) is 22.6. The second kappa shape index (κ2) is 9.73. The lowest BCUT2D eigenvalue weighted by Gasteiger charge is -2.32. The molecule has 31 heavy (non-hydrogen) atoms. The van der Waals surface area contributed by atoms with E-state index in [1.807, 2.05) is 70.2 Å². The zero-order valence-corrected chi connectivity index (χ0v) is 20.3. The third-order valence-electron chi connectivity index (χ3n) is 5.38. The number of ether oxygens (including phenoxy) is 1. The van der Waals surface area contributed by atoms with Gasteiger partial charge in [-0.25, -0.2) is 9.78 Å². The van der Waals surface area contributed by atoms with Crippen molar-refractivity contribution in [1.29, 1.82) is 0 Å². The summed E-state index contributed by atoms with van der Waals surface area (Å²) in [5, 5.41) is 3.11. The van der Waals surface area contributed by atoms with E-state index in [9.17, 15) is 4.79 Å². The highest BCUT2D eigenvalue weighted by Crippen LogP contribution is 2.39. The third kappa shape index (κ3) is 6.10. The topological polar surface area (TPSA) is 69.7 Å². The van der Waals surface area contributed by atoms with Crippen LogP contribution in [0.3, 0.4) is 0 Å². The van der Waals surface area contributed by atoms with Crippen molar-refractivity contribution in [2.75, 3.05) is 6.54 Å². The van der Waals surface area contributed by atoms with Gasteiger partial charge in [-0.05, 0) is 60.7 Å². The lowest BCUT2D eigenvalue weighted by molar-refractivity contribution is 0.00578. The van der Waals surface area contributed by atoms with Gasteiger partial charge in [0.15, 0.2) is 0 Å². The van der Waals surface area contributed by atoms with E-state index in [1.54, 1.807) is 6.20 Å². The van der Waals surface area contributed by atoms with Crippen LogP contribution in [0.5, 0.6) is 0 Å². The Morgan fingerprint density at radius 2 is 1.87 bits per heavy atom. The van der Waals surface area contributed by atoms with Gasteiger partial charge < -0.3 is 19.4 Å². The smallest absolute Gasteiger partial charge is 0.445 e. The van der Waals surface area contributed by atoms with E-state index in [2.05, 4.69) is 26.2 Å². The summed E-state index contributed by atoms with van der Waals surface area (Å²) in [6.07, 6.45) is 2.90. The summed E-state index contributed by atoms with van der Waals surface area (Å²) >= 11 is 9.68. The number of hydrogen-bond donors (Lipinski definition) is 1. The molecular formula is C22H25BBrClN2O4. The molecule has 2 aromatic rings. The summed E-state index contributed by atoms with van der Waals surface area (Å²) in [7, 11) is -0.658. The fraction of sp³-hybridized carbons (Fsp3) is 0.364. The number of benzene rings is 1. The number of carbonyl (C=O) groups is 1. The summed E-state index contributed by atoms with van der Waals surface area (Å²) in [5.74, 6) is 0. The molecule has 2 heterocycles. The van der Waals surface area contributed by atoms with Crippen LogP contribution in [0.25, 0.3) is 6.08 Å². The van der Waals surface area contributed by atoms with E-state index in [0.29, 0.717) is 16.2 Å². The first-order chi connectivity index (χ1) is 14.6. The highest BCUT2D eigenvalue weighted by Gasteiger charge is 2.52. The van der Waals surface area contributed by atoms with E-state index < -0.39 is 24.4 Å². The van der Waals surface area contributed by atoms with Gasteiger partial charge in [-0.15, -0.1) is 0 Å². The maximum absolute atomic E-state index is 12.3. The van der Waals surface area contributed by atoms with Crippen molar-refractivity contribution in [2.24, 2.45) is 0 Å². The number of rotatable bonds is 6. The predicted octanol–water partition coefficient (Wildman–Crippen LogP) is 5.44. The molecule has 0 bridgehead atoms. The first-order valence-corrected chi connectivity index (χ1v) is 11.1. The molecule has 0 radical (unpaired) electrons. The molecule has 1 aliphatic heterocycles. The van der Waals surface area contributed by atoms with Crippen LogP contribution in [0.15, 0.2) is 52.5 Å². The van der Waals surface area contributed by atoms with Gasteiger partial charge in [0.05, 0.1) is 11.2 Å². The van der Waals surface area contributed by atoms with Gasteiger partial charge in [0.25, 0.3) is 0 Å². The average molecular weight is 508 g/mol. The Hall–Kier alpha value is -1.87. The van der Waals surface area contributed by atoms with Gasteiger partial charge in [-0.1, -0.05) is 48.0 Å². The molecule has 0 unspecified atom stereocenters. The first kappa shape index (κ1) is 23.8. The molecule has 164 valence electrons. The molecule has 1 aromatic carbocycles. The third-order valence-corrected chi connectivity index (χ3v) is 6.13. The van der Waals surface area contributed by atoms with Crippen LogP contribution in [-0.2, 0) is 20.7 Å². The number of carbonyl (C=O) groups excluding carboxylic acids is 1. The van der Waals surface area contributed by atoms with Gasteiger partial charge >= 0.3 is 13.2 Å². The van der Waals surface area contributed by atoms with Crippen LogP contribution in [-0.4, -0.2) is 35.9 Å². The van der Waals surface area contributed by atoms with E-state index in [1.165, 1.54) is 0 Å². The molecule has 1 fully saturated rings. The zero-order valence-electron chi connectivity index (χ0n) is 17.9. The fourth-order valence-electron chi connectivity index (χ4n) is 2.88. The average Bonchev–Trinajstić information content (AvgIpc) is 2.94. The number of halogens is 2. The van der Waals surface area contributed by atoms with Crippen molar-refractivity contribution in [3.8, 4) is 0 Å². The summed E-state index contributed by atoms with van der Waals surface area (Å²) in [6, 6.07) is 11.3. The van der Waals surface area contributed by atoms with Gasteiger partial charge in [-0.3, -0.25) is 0 Å². The number of nitrogens with one attached hydrogen (secondary N) is 1. The summed E-state index contributed by atoms with van der Waals surface area (Å²) in [5.41, 5.74) is 1.23.